The summed E-state index contributed by atoms with van der Waals surface area (Å²) < 4.78 is 0. The Morgan fingerprint density at radius 1 is 1.70 bits per heavy atom. The molecule has 0 aromatic heterocycles. The Labute approximate surface area is 61.2 Å². The van der Waals surface area contributed by atoms with E-state index in [2.05, 4.69) is 6.92 Å². The Kier molecular flexibility index (Phi) is 2.20. The van der Waals surface area contributed by atoms with Crippen LogP contribution in [0.5, 0.6) is 0 Å². The summed E-state index contributed by atoms with van der Waals surface area (Å²) in [5.41, 5.74) is 0. The fraction of sp³-hybridized carbons (Fsp3) is 0.750. The van der Waals surface area contributed by atoms with Gasteiger partial charge in [0, 0.05) is 0 Å². The van der Waals surface area contributed by atoms with Crippen molar-refractivity contribution in [2.24, 2.45) is 5.92 Å². The lowest BCUT2D eigenvalue weighted by molar-refractivity contribution is -0.135. The minimum Gasteiger partial charge on any atom is -0.445 e. The van der Waals surface area contributed by atoms with Crippen molar-refractivity contribution >= 4 is 5.97 Å². The topological polar surface area (TPSA) is 37.3 Å². The number of hydrogen-bond acceptors (Lipinski definition) is 1. The van der Waals surface area contributed by atoms with Crippen LogP contribution in [0.2, 0.25) is 0 Å². The zero-order valence-corrected chi connectivity index (χ0v) is 6.26. The van der Waals surface area contributed by atoms with Crippen molar-refractivity contribution < 1.29 is 9.90 Å². The minimum absolute atomic E-state index is 0.583. The second kappa shape index (κ2) is 2.95. The zero-order valence-electron chi connectivity index (χ0n) is 6.26. The van der Waals surface area contributed by atoms with Gasteiger partial charge in [-0.3, -0.25) is 0 Å². The van der Waals surface area contributed by atoms with E-state index in [0.717, 1.165) is 25.2 Å². The fourth-order valence-corrected chi connectivity index (χ4v) is 1.48. The molecule has 0 unspecified atom stereocenters. The van der Waals surface area contributed by atoms with E-state index in [9.17, 15) is 4.79 Å². The highest BCUT2D eigenvalue weighted by atomic mass is 16.4. The van der Waals surface area contributed by atoms with Gasteiger partial charge >= 0.3 is 5.97 Å². The maximum absolute atomic E-state index is 10.5. The van der Waals surface area contributed by atoms with Crippen molar-refractivity contribution in [2.45, 2.75) is 32.6 Å². The third-order valence-corrected chi connectivity index (χ3v) is 2.07. The van der Waals surface area contributed by atoms with Gasteiger partial charge in [-0.15, -0.1) is 0 Å². The van der Waals surface area contributed by atoms with Crippen molar-refractivity contribution in [3.8, 4) is 0 Å². The molecule has 1 rings (SSSR count). The number of carboxylic acids is 1. The molecule has 2 heteroatoms. The number of hydrogen-bond donors (Lipinski definition) is 1. The molecular formula is C8H13O2+. The van der Waals surface area contributed by atoms with E-state index < -0.39 is 5.97 Å². The van der Waals surface area contributed by atoms with Crippen LogP contribution in [-0.4, -0.2) is 11.1 Å². The Morgan fingerprint density at radius 2 is 2.40 bits per heavy atom. The number of rotatable bonds is 1. The van der Waals surface area contributed by atoms with Crippen molar-refractivity contribution in [3.63, 3.8) is 0 Å². The van der Waals surface area contributed by atoms with Crippen molar-refractivity contribution in [2.75, 3.05) is 0 Å². The van der Waals surface area contributed by atoms with Crippen molar-refractivity contribution in [1.82, 2.24) is 0 Å². The van der Waals surface area contributed by atoms with Gasteiger partial charge in [0.25, 0.3) is 0 Å². The molecule has 0 amide bonds. The molecule has 1 aliphatic rings. The van der Waals surface area contributed by atoms with Gasteiger partial charge in [-0.25, -0.2) is 0 Å². The van der Waals surface area contributed by atoms with Gasteiger partial charge < -0.3 is 5.11 Å². The summed E-state index contributed by atoms with van der Waals surface area (Å²) in [5, 5.41) is 8.62. The summed E-state index contributed by atoms with van der Waals surface area (Å²) in [6.45, 7) is 2.11. The molecule has 0 aromatic carbocycles. The second-order valence-corrected chi connectivity index (χ2v) is 3.11. The molecule has 1 fully saturated rings. The summed E-state index contributed by atoms with van der Waals surface area (Å²) >= 11 is 0. The van der Waals surface area contributed by atoms with E-state index in [4.69, 9.17) is 5.11 Å². The first-order chi connectivity index (χ1) is 4.70. The molecule has 0 heterocycles. The average Bonchev–Trinajstić information content (AvgIpc) is 1.88. The molecule has 0 aliphatic heterocycles. The number of aliphatic carboxylic acids is 1. The quantitative estimate of drug-likeness (QED) is 0.566. The molecule has 0 bridgehead atoms. The van der Waals surface area contributed by atoms with Crippen molar-refractivity contribution in [3.05, 3.63) is 5.92 Å². The molecular weight excluding hydrogens is 128 g/mol. The van der Waals surface area contributed by atoms with Gasteiger partial charge in [0.15, 0.2) is 0 Å². The van der Waals surface area contributed by atoms with Gasteiger partial charge in [0.2, 0.25) is 5.92 Å². The first-order valence-corrected chi connectivity index (χ1v) is 3.78. The Balaban J connectivity index is 2.39. The molecule has 2 nitrogen and oxygen atoms in total. The highest BCUT2D eigenvalue weighted by molar-refractivity contribution is 5.82. The van der Waals surface area contributed by atoms with Crippen LogP contribution in [0.3, 0.4) is 0 Å². The average molecular weight is 141 g/mol. The fourth-order valence-electron chi connectivity index (χ4n) is 1.48. The van der Waals surface area contributed by atoms with Crippen LogP contribution in [-0.2, 0) is 4.79 Å². The second-order valence-electron chi connectivity index (χ2n) is 3.11. The first-order valence-electron chi connectivity index (χ1n) is 3.78. The maximum atomic E-state index is 10.5. The SMILES string of the molecule is C[C@@H]1CCC[C+](C(=O)O)C1. The normalized spacial score (nSPS) is 26.5. The predicted octanol–water partition coefficient (Wildman–Crippen LogP) is 1.86. The lowest BCUT2D eigenvalue weighted by Crippen LogP contribution is -2.18. The van der Waals surface area contributed by atoms with Crippen LogP contribution in [0.15, 0.2) is 0 Å². The van der Waals surface area contributed by atoms with Crippen LogP contribution in [0, 0.1) is 11.8 Å². The van der Waals surface area contributed by atoms with Crippen LogP contribution in [0.1, 0.15) is 32.6 Å². The predicted molar refractivity (Wildman–Crippen MR) is 38.5 cm³/mol. The highest BCUT2D eigenvalue weighted by Crippen LogP contribution is 2.29. The van der Waals surface area contributed by atoms with Crippen molar-refractivity contribution in [1.29, 1.82) is 0 Å². The molecule has 1 N–H and O–H groups in total. The van der Waals surface area contributed by atoms with E-state index in [1.54, 1.807) is 0 Å². The number of carbonyl (C=O) groups is 1. The molecule has 10 heavy (non-hydrogen) atoms. The standard InChI is InChI=1S/C8H12O2/c1-6-3-2-4-7(5-6)8(9)10/h6H,2-5H2,1H3/p+1/t6-/m1/s1. The summed E-state index contributed by atoms with van der Waals surface area (Å²) in [6, 6.07) is 0. The molecule has 0 aromatic rings. The van der Waals surface area contributed by atoms with Gasteiger partial charge in [0.1, 0.15) is 12.8 Å². The third-order valence-electron chi connectivity index (χ3n) is 2.07. The summed E-state index contributed by atoms with van der Waals surface area (Å²) in [5.74, 6) is 0.616. The molecule has 1 aliphatic carbocycles. The van der Waals surface area contributed by atoms with E-state index in [1.165, 1.54) is 6.42 Å². The van der Waals surface area contributed by atoms with Gasteiger partial charge in [0.05, 0.1) is 0 Å². The molecule has 0 radical (unpaired) electrons. The first kappa shape index (κ1) is 7.45. The zero-order chi connectivity index (χ0) is 7.56. The lowest BCUT2D eigenvalue weighted by atomic mass is 9.83. The van der Waals surface area contributed by atoms with E-state index in [0.29, 0.717) is 5.92 Å². The number of carboxylic acid groups (broad SMARTS) is 1. The minimum atomic E-state index is -0.688. The molecule has 1 saturated carbocycles. The van der Waals surface area contributed by atoms with Crippen LogP contribution >= 0.6 is 0 Å². The smallest absolute Gasteiger partial charge is 0.445 e. The van der Waals surface area contributed by atoms with Gasteiger partial charge in [-0.1, -0.05) is 6.92 Å². The van der Waals surface area contributed by atoms with Crippen LogP contribution in [0.4, 0.5) is 0 Å². The van der Waals surface area contributed by atoms with Gasteiger partial charge in [-0.05, 0) is 18.8 Å². The Hall–Kier alpha value is -0.660. The molecule has 0 saturated heterocycles. The van der Waals surface area contributed by atoms with Crippen LogP contribution < -0.4 is 0 Å². The van der Waals surface area contributed by atoms with E-state index in [1.807, 2.05) is 0 Å². The van der Waals surface area contributed by atoms with E-state index in [-0.39, 0.29) is 0 Å². The largest absolute Gasteiger partial charge is 0.496 e. The van der Waals surface area contributed by atoms with Crippen LogP contribution in [0.25, 0.3) is 0 Å². The highest BCUT2D eigenvalue weighted by Gasteiger charge is 2.35. The maximum Gasteiger partial charge on any atom is 0.496 e. The summed E-state index contributed by atoms with van der Waals surface area (Å²) in [4.78, 5) is 10.5. The monoisotopic (exact) mass is 141 g/mol. The van der Waals surface area contributed by atoms with E-state index >= 15 is 0 Å². The molecule has 56 valence electrons. The molecule has 0 spiro atoms. The third kappa shape index (κ3) is 1.66. The summed E-state index contributed by atoms with van der Waals surface area (Å²) in [7, 11) is 0. The lowest BCUT2D eigenvalue weighted by Gasteiger charge is -2.13. The van der Waals surface area contributed by atoms with Gasteiger partial charge in [-0.2, -0.15) is 4.79 Å². The Bertz CT molecular complexity index is 131. The molecule has 1 atom stereocenters. The Morgan fingerprint density at radius 3 is 2.80 bits per heavy atom. The summed E-state index contributed by atoms with van der Waals surface area (Å²) in [6.07, 6.45) is 3.86.